The Bertz CT molecular complexity index is 1160. The molecule has 0 spiro atoms. The van der Waals surface area contributed by atoms with E-state index in [1.165, 1.54) is 0 Å². The van der Waals surface area contributed by atoms with Crippen LogP contribution < -0.4 is 9.80 Å². The fourth-order valence-corrected chi connectivity index (χ4v) is 4.54. The number of nitrogens with zero attached hydrogens (tertiary/aromatic N) is 3. The van der Waals surface area contributed by atoms with Gasteiger partial charge in [-0.05, 0) is 41.0 Å². The molecule has 0 radical (unpaired) electrons. The third-order valence-corrected chi connectivity index (χ3v) is 6.54. The molecule has 0 fully saturated rings. The molecule has 0 N–H and O–H groups in total. The predicted octanol–water partition coefficient (Wildman–Crippen LogP) is 5.85. The molecule has 1 heterocycles. The van der Waals surface area contributed by atoms with Crippen molar-refractivity contribution >= 4 is 23.2 Å². The van der Waals surface area contributed by atoms with Gasteiger partial charge in [-0.25, -0.2) is 9.79 Å². The molecular weight excluding hydrogens is 434 g/mol. The number of carbonyl (C=O) groups is 1. The summed E-state index contributed by atoms with van der Waals surface area (Å²) >= 11 is 0. The summed E-state index contributed by atoms with van der Waals surface area (Å²) in [5.74, 6) is -0.247. The zero-order chi connectivity index (χ0) is 25.4. The summed E-state index contributed by atoms with van der Waals surface area (Å²) in [5.41, 5.74) is 3.39. The van der Waals surface area contributed by atoms with E-state index in [0.29, 0.717) is 5.90 Å². The van der Waals surface area contributed by atoms with Crippen LogP contribution in [0.2, 0.25) is 0 Å². The molecule has 1 aliphatic rings. The zero-order valence-electron chi connectivity index (χ0n) is 21.7. The maximum absolute atomic E-state index is 13.9. The first-order chi connectivity index (χ1) is 16.5. The number of hydrogen-bond donors (Lipinski definition) is 0. The van der Waals surface area contributed by atoms with Gasteiger partial charge in [0.25, 0.3) is 0 Å². The van der Waals surface area contributed by atoms with Crippen LogP contribution >= 0.6 is 0 Å². The minimum absolute atomic E-state index is 0.341. The van der Waals surface area contributed by atoms with E-state index in [0.717, 1.165) is 28.1 Å². The van der Waals surface area contributed by atoms with Crippen LogP contribution in [0, 0.1) is 5.41 Å². The van der Waals surface area contributed by atoms with Gasteiger partial charge in [0.2, 0.25) is 5.90 Å². The van der Waals surface area contributed by atoms with Crippen molar-refractivity contribution in [3.8, 4) is 0 Å². The first-order valence-electron chi connectivity index (χ1n) is 12.0. The van der Waals surface area contributed by atoms with Crippen LogP contribution in [0.1, 0.15) is 43.4 Å². The molecule has 1 unspecified atom stereocenters. The molecule has 35 heavy (non-hydrogen) atoms. The number of hydrogen-bond acceptors (Lipinski definition) is 5. The zero-order valence-corrected chi connectivity index (χ0v) is 21.7. The minimum Gasteiger partial charge on any atom is -0.409 e. The topological polar surface area (TPSA) is 45.1 Å². The van der Waals surface area contributed by atoms with Crippen molar-refractivity contribution in [3.63, 3.8) is 0 Å². The fraction of sp³-hybridized carbons (Fsp3) is 0.333. The molecule has 4 rings (SSSR count). The fourth-order valence-electron chi connectivity index (χ4n) is 4.54. The highest BCUT2D eigenvalue weighted by Crippen LogP contribution is 2.50. The maximum atomic E-state index is 13.9. The summed E-state index contributed by atoms with van der Waals surface area (Å²) < 4.78 is 5.94. The molecule has 0 aromatic heterocycles. The molecule has 5 nitrogen and oxygen atoms in total. The minimum atomic E-state index is -1.23. The van der Waals surface area contributed by atoms with Gasteiger partial charge in [-0.1, -0.05) is 75.4 Å². The van der Waals surface area contributed by atoms with Gasteiger partial charge >= 0.3 is 5.97 Å². The Hall–Kier alpha value is -3.60. The first-order valence-corrected chi connectivity index (χ1v) is 12.0. The lowest BCUT2D eigenvalue weighted by Gasteiger charge is -2.33. The molecule has 0 amide bonds. The third-order valence-electron chi connectivity index (χ3n) is 6.54. The summed E-state index contributed by atoms with van der Waals surface area (Å²) in [6.07, 6.45) is 0. The number of ether oxygens (including phenoxy) is 1. The van der Waals surface area contributed by atoms with Crippen molar-refractivity contribution in [1.82, 2.24) is 0 Å². The number of rotatable bonds is 6. The predicted molar refractivity (Wildman–Crippen MR) is 144 cm³/mol. The van der Waals surface area contributed by atoms with E-state index in [1.807, 2.05) is 79.3 Å². The number of benzene rings is 3. The molecule has 3 aromatic rings. The quantitative estimate of drug-likeness (QED) is 0.425. The van der Waals surface area contributed by atoms with Crippen LogP contribution in [-0.2, 0) is 15.1 Å². The van der Waals surface area contributed by atoms with Crippen LogP contribution in [0.5, 0.6) is 0 Å². The molecule has 3 aromatic carbocycles. The van der Waals surface area contributed by atoms with Crippen LogP contribution in [0.15, 0.2) is 83.9 Å². The van der Waals surface area contributed by atoms with Crippen LogP contribution in [0.4, 0.5) is 11.4 Å². The second-order valence-electron chi connectivity index (χ2n) is 10.6. The lowest BCUT2D eigenvalue weighted by atomic mass is 9.71. The molecule has 1 atom stereocenters. The van der Waals surface area contributed by atoms with Gasteiger partial charge in [0.15, 0.2) is 5.54 Å². The number of aliphatic imine (C=N–C) groups is 1. The van der Waals surface area contributed by atoms with Gasteiger partial charge in [-0.3, -0.25) is 0 Å². The summed E-state index contributed by atoms with van der Waals surface area (Å²) in [4.78, 5) is 23.2. The van der Waals surface area contributed by atoms with Gasteiger partial charge in [0.05, 0.1) is 0 Å². The highest BCUT2D eigenvalue weighted by molar-refractivity contribution is 6.03. The molecule has 1 aliphatic heterocycles. The largest absolute Gasteiger partial charge is 0.409 e. The second-order valence-corrected chi connectivity index (χ2v) is 10.6. The van der Waals surface area contributed by atoms with Crippen LogP contribution in [-0.4, -0.2) is 40.1 Å². The number of anilines is 2. The van der Waals surface area contributed by atoms with Crippen molar-refractivity contribution in [2.75, 3.05) is 38.0 Å². The van der Waals surface area contributed by atoms with E-state index in [4.69, 9.17) is 9.73 Å². The van der Waals surface area contributed by atoms with Crippen molar-refractivity contribution in [3.05, 3.63) is 95.6 Å². The highest BCUT2D eigenvalue weighted by Gasteiger charge is 2.55. The molecule has 182 valence electrons. The Morgan fingerprint density at radius 2 is 1.20 bits per heavy atom. The Labute approximate surface area is 209 Å². The molecule has 5 heteroatoms. The number of carbonyl (C=O) groups excluding carboxylic acids is 1. The monoisotopic (exact) mass is 469 g/mol. The molecule has 0 aliphatic carbocycles. The van der Waals surface area contributed by atoms with E-state index in [-0.39, 0.29) is 11.9 Å². The Morgan fingerprint density at radius 3 is 1.57 bits per heavy atom. The summed E-state index contributed by atoms with van der Waals surface area (Å²) in [7, 11) is 8.08. The van der Waals surface area contributed by atoms with Gasteiger partial charge in [0.1, 0.15) is 0 Å². The van der Waals surface area contributed by atoms with Crippen molar-refractivity contribution in [1.29, 1.82) is 0 Å². The normalized spacial score (nSPS) is 17.8. The van der Waals surface area contributed by atoms with Crippen molar-refractivity contribution in [2.45, 2.75) is 32.2 Å². The van der Waals surface area contributed by atoms with Crippen LogP contribution in [0.25, 0.3) is 0 Å². The second kappa shape index (κ2) is 9.21. The van der Waals surface area contributed by atoms with Gasteiger partial charge in [-0.2, -0.15) is 0 Å². The highest BCUT2D eigenvalue weighted by atomic mass is 16.6. The standard InChI is InChI=1S/C30H35N3O2/c1-29(2,3)27-31-30(28(34)35-27,23-11-9-8-10-12-23)26(21-13-17-24(18-14-21)32(4)5)22-15-19-25(20-16-22)33(6)7/h8-20,26H,1-7H3. The first kappa shape index (κ1) is 24.5. The lowest BCUT2D eigenvalue weighted by Crippen LogP contribution is -2.38. The molecular formula is C30H35N3O2. The van der Waals surface area contributed by atoms with E-state index in [9.17, 15) is 4.79 Å². The summed E-state index contributed by atoms with van der Waals surface area (Å²) in [6.45, 7) is 6.06. The van der Waals surface area contributed by atoms with Gasteiger partial charge in [0, 0.05) is 50.9 Å². The SMILES string of the molecule is CN(C)c1ccc(C(c2ccc(N(C)C)cc2)C2(c3ccccc3)N=C(C(C)(C)C)OC2=O)cc1. The van der Waals surface area contributed by atoms with Crippen LogP contribution in [0.3, 0.4) is 0 Å². The number of cyclic esters (lactones) is 1. The summed E-state index contributed by atoms with van der Waals surface area (Å²) in [6, 6.07) is 26.6. The molecule has 0 saturated carbocycles. The maximum Gasteiger partial charge on any atom is 0.346 e. The smallest absolute Gasteiger partial charge is 0.346 e. The molecule has 0 bridgehead atoms. The van der Waals surface area contributed by atoms with E-state index >= 15 is 0 Å². The Kier molecular flexibility index (Phi) is 6.46. The van der Waals surface area contributed by atoms with E-state index in [2.05, 4.69) is 58.3 Å². The Balaban J connectivity index is 2.00. The average Bonchev–Trinajstić information content (AvgIpc) is 3.19. The van der Waals surface area contributed by atoms with Crippen molar-refractivity contribution in [2.24, 2.45) is 10.4 Å². The number of esters is 1. The average molecular weight is 470 g/mol. The summed E-state index contributed by atoms with van der Waals surface area (Å²) in [5, 5.41) is 0. The molecule has 0 saturated heterocycles. The van der Waals surface area contributed by atoms with E-state index < -0.39 is 11.0 Å². The third kappa shape index (κ3) is 4.55. The van der Waals surface area contributed by atoms with E-state index in [1.54, 1.807) is 0 Å². The van der Waals surface area contributed by atoms with Gasteiger partial charge < -0.3 is 14.5 Å². The Morgan fingerprint density at radius 1 is 0.743 bits per heavy atom. The lowest BCUT2D eigenvalue weighted by molar-refractivity contribution is -0.140. The van der Waals surface area contributed by atoms with Crippen molar-refractivity contribution < 1.29 is 9.53 Å². The van der Waals surface area contributed by atoms with Gasteiger partial charge in [-0.15, -0.1) is 0 Å².